The Morgan fingerprint density at radius 1 is 1.28 bits per heavy atom. The minimum atomic E-state index is -0.0738. The fourth-order valence-electron chi connectivity index (χ4n) is 3.67. The van der Waals surface area contributed by atoms with Crippen LogP contribution in [0.5, 0.6) is 11.5 Å². The van der Waals surface area contributed by atoms with Crippen LogP contribution in [0.4, 0.5) is 0 Å². The lowest BCUT2D eigenvalue weighted by molar-refractivity contribution is 0.0942. The summed E-state index contributed by atoms with van der Waals surface area (Å²) < 4.78 is 13.9. The summed E-state index contributed by atoms with van der Waals surface area (Å²) in [5.74, 6) is 3.87. The maximum atomic E-state index is 12.7. The Hall–Kier alpha value is -2.93. The monoisotopic (exact) mass is 407 g/mol. The normalized spacial score (nSPS) is 14.3. The highest BCUT2D eigenvalue weighted by Gasteiger charge is 2.25. The van der Waals surface area contributed by atoms with Gasteiger partial charge in [-0.25, -0.2) is 4.52 Å². The fourth-order valence-corrected chi connectivity index (χ4v) is 4.31. The first kappa shape index (κ1) is 18.1. The number of fused-ring (bicyclic) bond motifs is 2. The molecule has 1 saturated heterocycles. The molecular weight excluding hydrogens is 386 g/mol. The van der Waals surface area contributed by atoms with Crippen molar-refractivity contribution in [3.8, 4) is 11.5 Å². The summed E-state index contributed by atoms with van der Waals surface area (Å²) in [7, 11) is 0. The number of furan rings is 1. The van der Waals surface area contributed by atoms with E-state index in [0.717, 1.165) is 39.3 Å². The van der Waals surface area contributed by atoms with E-state index in [4.69, 9.17) is 9.15 Å². The van der Waals surface area contributed by atoms with Crippen LogP contribution in [0.1, 0.15) is 27.2 Å². The average Bonchev–Trinajstić information content (AvgIpc) is 3.14. The number of thioether (sulfide) groups is 1. The molecule has 0 saturated carbocycles. The van der Waals surface area contributed by atoms with Gasteiger partial charge in [0.1, 0.15) is 22.6 Å². The summed E-state index contributed by atoms with van der Waals surface area (Å²) >= 11 is 1.84. The molecule has 1 aromatic carbocycles. The van der Waals surface area contributed by atoms with E-state index in [2.05, 4.69) is 24.3 Å². The molecule has 0 spiro atoms. The maximum Gasteiger partial charge on any atom is 0.255 e. The molecule has 0 unspecified atom stereocenters. The molecule has 0 bridgehead atoms. The van der Waals surface area contributed by atoms with E-state index >= 15 is 0 Å². The molecule has 1 aliphatic rings. The van der Waals surface area contributed by atoms with Crippen LogP contribution in [-0.2, 0) is 0 Å². The number of ether oxygens (including phenoxy) is 1. The van der Waals surface area contributed by atoms with E-state index in [1.807, 2.05) is 53.7 Å². The number of rotatable bonds is 4. The summed E-state index contributed by atoms with van der Waals surface area (Å²) in [6, 6.07) is 7.70. The number of carbonyl (C=O) groups is 1. The van der Waals surface area contributed by atoms with E-state index in [0.29, 0.717) is 22.7 Å². The van der Waals surface area contributed by atoms with Crippen molar-refractivity contribution in [1.29, 1.82) is 0 Å². The zero-order valence-corrected chi connectivity index (χ0v) is 17.3. The molecule has 4 heterocycles. The molecule has 5 rings (SSSR count). The third-order valence-electron chi connectivity index (χ3n) is 5.41. The second-order valence-corrected chi connectivity index (χ2v) is 8.50. The van der Waals surface area contributed by atoms with Crippen molar-refractivity contribution in [3.63, 3.8) is 0 Å². The van der Waals surface area contributed by atoms with Crippen LogP contribution in [-0.4, -0.2) is 33.1 Å². The Kier molecular flexibility index (Phi) is 4.28. The van der Waals surface area contributed by atoms with Gasteiger partial charge in [-0.15, -0.1) is 0 Å². The van der Waals surface area contributed by atoms with E-state index in [-0.39, 0.29) is 11.9 Å². The maximum absolute atomic E-state index is 12.7. The summed E-state index contributed by atoms with van der Waals surface area (Å²) in [6.07, 6.45) is 3.71. The number of benzene rings is 1. The first-order chi connectivity index (χ1) is 14.0. The van der Waals surface area contributed by atoms with Gasteiger partial charge in [-0.3, -0.25) is 4.79 Å². The highest BCUT2D eigenvalue weighted by molar-refractivity contribution is 8.00. The number of hydrogen-bond acceptors (Lipinski definition) is 5. The zero-order valence-electron chi connectivity index (χ0n) is 16.5. The molecule has 29 heavy (non-hydrogen) atoms. The smallest absolute Gasteiger partial charge is 0.255 e. The molecule has 6 nitrogen and oxygen atoms in total. The molecule has 1 aliphatic heterocycles. The van der Waals surface area contributed by atoms with Crippen molar-refractivity contribution in [2.75, 3.05) is 11.5 Å². The lowest BCUT2D eigenvalue weighted by Gasteiger charge is -2.25. The third kappa shape index (κ3) is 3.06. The van der Waals surface area contributed by atoms with Crippen molar-refractivity contribution >= 4 is 34.2 Å². The van der Waals surface area contributed by atoms with Gasteiger partial charge in [-0.1, -0.05) is 0 Å². The zero-order chi connectivity index (χ0) is 20.1. The molecule has 3 aromatic heterocycles. The number of nitrogens with zero attached hydrogens (tertiary/aromatic N) is 2. The van der Waals surface area contributed by atoms with Gasteiger partial charge in [-0.2, -0.15) is 16.9 Å². The standard InChI is InChI=1S/C22H21N3O3S/c1-12-9-25-21(13(12)2)18(6-7-23-25)28-16-4-5-17-19(8-16)27-14(3)20(17)22(26)24-15-10-29-11-15/h4-9,15H,10-11H2,1-3H3,(H,24,26). The number of hydrogen-bond donors (Lipinski definition) is 1. The second-order valence-electron chi connectivity index (χ2n) is 7.43. The predicted octanol–water partition coefficient (Wildman–Crippen LogP) is 4.64. The predicted molar refractivity (Wildman–Crippen MR) is 114 cm³/mol. The topological polar surface area (TPSA) is 68.8 Å². The molecule has 4 aromatic rings. The Morgan fingerprint density at radius 2 is 2.10 bits per heavy atom. The van der Waals surface area contributed by atoms with Crippen molar-refractivity contribution in [2.24, 2.45) is 0 Å². The van der Waals surface area contributed by atoms with Crippen LogP contribution < -0.4 is 10.1 Å². The Bertz CT molecular complexity index is 1250. The van der Waals surface area contributed by atoms with Crippen LogP contribution in [0.3, 0.4) is 0 Å². The highest BCUT2D eigenvalue weighted by atomic mass is 32.2. The van der Waals surface area contributed by atoms with E-state index in [1.165, 1.54) is 0 Å². The van der Waals surface area contributed by atoms with E-state index in [9.17, 15) is 4.79 Å². The molecule has 1 amide bonds. The second kappa shape index (κ2) is 6.84. The Balaban J connectivity index is 1.49. The van der Waals surface area contributed by atoms with E-state index in [1.54, 1.807) is 6.20 Å². The summed E-state index contributed by atoms with van der Waals surface area (Å²) in [4.78, 5) is 12.7. The molecule has 7 heteroatoms. The van der Waals surface area contributed by atoms with Gasteiger partial charge < -0.3 is 14.5 Å². The largest absolute Gasteiger partial charge is 0.460 e. The number of aromatic nitrogens is 2. The van der Waals surface area contributed by atoms with Crippen molar-refractivity contribution in [1.82, 2.24) is 14.9 Å². The quantitative estimate of drug-likeness (QED) is 0.534. The minimum Gasteiger partial charge on any atom is -0.460 e. The number of nitrogens with one attached hydrogen (secondary N) is 1. The molecule has 1 fully saturated rings. The molecule has 0 radical (unpaired) electrons. The molecule has 1 N–H and O–H groups in total. The molecule has 0 aliphatic carbocycles. The van der Waals surface area contributed by atoms with Gasteiger partial charge in [0.2, 0.25) is 0 Å². The number of amides is 1. The van der Waals surface area contributed by atoms with Crippen LogP contribution in [0.25, 0.3) is 16.5 Å². The van der Waals surface area contributed by atoms with Gasteiger partial charge >= 0.3 is 0 Å². The number of aryl methyl sites for hydroxylation is 3. The first-order valence-electron chi connectivity index (χ1n) is 9.54. The Morgan fingerprint density at radius 3 is 2.86 bits per heavy atom. The van der Waals surface area contributed by atoms with Crippen molar-refractivity contribution in [3.05, 3.63) is 59.1 Å². The average molecular weight is 407 g/mol. The minimum absolute atomic E-state index is 0.0738. The van der Waals surface area contributed by atoms with Crippen LogP contribution in [0.2, 0.25) is 0 Å². The van der Waals surface area contributed by atoms with E-state index < -0.39 is 0 Å². The molecular formula is C22H21N3O3S. The number of carbonyl (C=O) groups excluding carboxylic acids is 1. The highest BCUT2D eigenvalue weighted by Crippen LogP contribution is 2.34. The van der Waals surface area contributed by atoms with Crippen LogP contribution in [0, 0.1) is 20.8 Å². The van der Waals surface area contributed by atoms with Crippen molar-refractivity contribution < 1.29 is 13.9 Å². The fraction of sp³-hybridized carbons (Fsp3) is 0.273. The van der Waals surface area contributed by atoms with Gasteiger partial charge in [0.15, 0.2) is 5.75 Å². The SMILES string of the molecule is Cc1cn2nccc(Oc3ccc4c(C(=O)NC5CSC5)c(C)oc4c3)c2c1C. The lowest BCUT2D eigenvalue weighted by Crippen LogP contribution is -2.43. The van der Waals surface area contributed by atoms with Gasteiger partial charge in [-0.05, 0) is 44.0 Å². The van der Waals surface area contributed by atoms with Crippen LogP contribution in [0.15, 0.2) is 41.1 Å². The third-order valence-corrected chi connectivity index (χ3v) is 6.68. The summed E-state index contributed by atoms with van der Waals surface area (Å²) in [6.45, 7) is 5.94. The van der Waals surface area contributed by atoms with Gasteiger partial charge in [0, 0.05) is 41.3 Å². The van der Waals surface area contributed by atoms with Crippen molar-refractivity contribution in [2.45, 2.75) is 26.8 Å². The molecule has 0 atom stereocenters. The van der Waals surface area contributed by atoms with Gasteiger partial charge in [0.25, 0.3) is 5.91 Å². The van der Waals surface area contributed by atoms with Gasteiger partial charge in [0.05, 0.1) is 11.8 Å². The first-order valence-corrected chi connectivity index (χ1v) is 10.7. The summed E-state index contributed by atoms with van der Waals surface area (Å²) in [5, 5.41) is 8.23. The lowest BCUT2D eigenvalue weighted by atomic mass is 10.1. The molecule has 148 valence electrons. The van der Waals surface area contributed by atoms with Crippen LogP contribution >= 0.6 is 11.8 Å². The summed E-state index contributed by atoms with van der Waals surface area (Å²) in [5.41, 5.74) is 4.48. The Labute approximate surface area is 172 Å².